The van der Waals surface area contributed by atoms with Gasteiger partial charge in [-0.1, -0.05) is 17.7 Å². The van der Waals surface area contributed by atoms with E-state index in [-0.39, 0.29) is 18.1 Å². The Bertz CT molecular complexity index is 836. The van der Waals surface area contributed by atoms with Gasteiger partial charge in [0.2, 0.25) is 5.91 Å². The molecule has 150 valence electrons. The lowest BCUT2D eigenvalue weighted by Gasteiger charge is -2.34. The lowest BCUT2D eigenvalue weighted by Crippen LogP contribution is -2.48. The molecule has 0 aromatic heterocycles. The highest BCUT2D eigenvalue weighted by molar-refractivity contribution is 5.92. The fourth-order valence-electron chi connectivity index (χ4n) is 3.36. The predicted octanol–water partition coefficient (Wildman–Crippen LogP) is 3.04. The molecule has 0 unspecified atom stereocenters. The van der Waals surface area contributed by atoms with Crippen molar-refractivity contribution in [1.29, 1.82) is 0 Å². The third-order valence-electron chi connectivity index (χ3n) is 4.86. The number of anilines is 1. The highest BCUT2D eigenvalue weighted by Crippen LogP contribution is 2.22. The Labute approximate surface area is 163 Å². The molecule has 2 aromatic rings. The van der Waals surface area contributed by atoms with Gasteiger partial charge in [0.1, 0.15) is 17.4 Å². The van der Waals surface area contributed by atoms with Gasteiger partial charge < -0.3 is 10.1 Å². The molecule has 1 amide bonds. The van der Waals surface area contributed by atoms with E-state index >= 15 is 0 Å². The molecule has 0 saturated carbocycles. The Hall–Kier alpha value is -2.51. The molecule has 1 aliphatic rings. The van der Waals surface area contributed by atoms with Crippen LogP contribution in [0.4, 0.5) is 14.5 Å². The fraction of sp³-hybridized carbons (Fsp3) is 0.381. The van der Waals surface area contributed by atoms with Crippen LogP contribution in [0.5, 0.6) is 5.75 Å². The lowest BCUT2D eigenvalue weighted by atomic mass is 10.1. The summed E-state index contributed by atoms with van der Waals surface area (Å²) in [7, 11) is 1.67. The van der Waals surface area contributed by atoms with E-state index < -0.39 is 11.6 Å². The zero-order valence-electron chi connectivity index (χ0n) is 16.2. The molecule has 1 fully saturated rings. The number of aryl methyl sites for hydroxylation is 1. The first-order chi connectivity index (χ1) is 13.4. The molecule has 3 rings (SSSR count). The molecular formula is C21H25F2N3O2. The van der Waals surface area contributed by atoms with Gasteiger partial charge in [0.05, 0.1) is 19.3 Å². The van der Waals surface area contributed by atoms with Crippen LogP contribution < -0.4 is 10.1 Å². The molecule has 7 heteroatoms. The van der Waals surface area contributed by atoms with Crippen LogP contribution in [-0.4, -0.2) is 55.5 Å². The summed E-state index contributed by atoms with van der Waals surface area (Å²) in [6, 6.07) is 9.15. The minimum absolute atomic E-state index is 0.129. The van der Waals surface area contributed by atoms with Crippen LogP contribution in [0.25, 0.3) is 0 Å². The summed E-state index contributed by atoms with van der Waals surface area (Å²) in [4.78, 5) is 16.5. The number of nitrogens with one attached hydrogen (secondary N) is 1. The molecule has 28 heavy (non-hydrogen) atoms. The van der Waals surface area contributed by atoms with Gasteiger partial charge in [0.15, 0.2) is 0 Å². The van der Waals surface area contributed by atoms with Gasteiger partial charge in [-0.15, -0.1) is 0 Å². The van der Waals surface area contributed by atoms with Gasteiger partial charge >= 0.3 is 0 Å². The smallest absolute Gasteiger partial charge is 0.238 e. The number of rotatable bonds is 6. The number of methoxy groups -OCH3 is 1. The SMILES string of the molecule is COc1ccc(C)cc1CN1CCN(CC(=O)Nc2cc(F)ccc2F)CC1. The molecule has 0 atom stereocenters. The van der Waals surface area contributed by atoms with Crippen molar-refractivity contribution >= 4 is 11.6 Å². The first-order valence-electron chi connectivity index (χ1n) is 9.28. The average Bonchev–Trinajstić information content (AvgIpc) is 2.66. The summed E-state index contributed by atoms with van der Waals surface area (Å²) in [6.07, 6.45) is 0. The van der Waals surface area contributed by atoms with Crippen molar-refractivity contribution in [3.05, 3.63) is 59.2 Å². The normalized spacial score (nSPS) is 15.4. The first kappa shape index (κ1) is 20.2. The van der Waals surface area contributed by atoms with Gasteiger partial charge in [-0.3, -0.25) is 14.6 Å². The maximum atomic E-state index is 13.6. The van der Waals surface area contributed by atoms with Crippen molar-refractivity contribution in [2.24, 2.45) is 0 Å². The van der Waals surface area contributed by atoms with Crippen molar-refractivity contribution in [2.75, 3.05) is 45.2 Å². The summed E-state index contributed by atoms with van der Waals surface area (Å²) in [5.74, 6) is -0.702. The van der Waals surface area contributed by atoms with Crippen molar-refractivity contribution in [3.8, 4) is 5.75 Å². The summed E-state index contributed by atoms with van der Waals surface area (Å²) < 4.78 is 32.3. The summed E-state index contributed by atoms with van der Waals surface area (Å²) in [6.45, 7) is 6.09. The zero-order valence-corrected chi connectivity index (χ0v) is 16.2. The maximum Gasteiger partial charge on any atom is 0.238 e. The third kappa shape index (κ3) is 5.27. The van der Waals surface area contributed by atoms with Crippen molar-refractivity contribution in [1.82, 2.24) is 9.80 Å². The topological polar surface area (TPSA) is 44.8 Å². The van der Waals surface area contributed by atoms with Crippen molar-refractivity contribution < 1.29 is 18.3 Å². The van der Waals surface area contributed by atoms with Crippen LogP contribution in [0, 0.1) is 18.6 Å². The molecule has 5 nitrogen and oxygen atoms in total. The number of benzene rings is 2. The molecule has 1 aliphatic heterocycles. The molecule has 0 radical (unpaired) electrons. The second kappa shape index (κ2) is 9.12. The van der Waals surface area contributed by atoms with E-state index in [0.29, 0.717) is 0 Å². The van der Waals surface area contributed by atoms with Crippen LogP contribution in [0.1, 0.15) is 11.1 Å². The lowest BCUT2D eigenvalue weighted by molar-refractivity contribution is -0.117. The van der Waals surface area contributed by atoms with E-state index in [1.54, 1.807) is 7.11 Å². The van der Waals surface area contributed by atoms with Crippen LogP contribution in [0.2, 0.25) is 0 Å². The standard InChI is InChI=1S/C21H25F2N3O2/c1-15-3-6-20(28-2)16(11-15)13-25-7-9-26(10-8-25)14-21(27)24-19-12-17(22)4-5-18(19)23/h3-6,11-12H,7-10,13-14H2,1-2H3,(H,24,27). The quantitative estimate of drug-likeness (QED) is 0.825. The highest BCUT2D eigenvalue weighted by atomic mass is 19.1. The summed E-state index contributed by atoms with van der Waals surface area (Å²) in [5.41, 5.74) is 2.21. The number of hydrogen-bond acceptors (Lipinski definition) is 4. The number of nitrogens with zero attached hydrogens (tertiary/aromatic N) is 2. The van der Waals surface area contributed by atoms with Gasteiger partial charge in [0, 0.05) is 44.4 Å². The van der Waals surface area contributed by atoms with Gasteiger partial charge in [-0.25, -0.2) is 8.78 Å². The van der Waals surface area contributed by atoms with Gasteiger partial charge in [-0.05, 0) is 25.1 Å². The monoisotopic (exact) mass is 389 g/mol. The number of halogens is 2. The van der Waals surface area contributed by atoms with E-state index in [4.69, 9.17) is 4.74 Å². The van der Waals surface area contributed by atoms with E-state index in [1.807, 2.05) is 17.0 Å². The van der Waals surface area contributed by atoms with Crippen LogP contribution in [0.3, 0.4) is 0 Å². The average molecular weight is 389 g/mol. The second-order valence-corrected chi connectivity index (χ2v) is 7.04. The van der Waals surface area contributed by atoms with Crippen molar-refractivity contribution in [3.63, 3.8) is 0 Å². The Balaban J connectivity index is 1.49. The van der Waals surface area contributed by atoms with Crippen LogP contribution >= 0.6 is 0 Å². The molecule has 1 saturated heterocycles. The maximum absolute atomic E-state index is 13.6. The first-order valence-corrected chi connectivity index (χ1v) is 9.28. The van der Waals surface area contributed by atoms with E-state index in [2.05, 4.69) is 23.2 Å². The largest absolute Gasteiger partial charge is 0.496 e. The molecule has 0 spiro atoms. The van der Waals surface area contributed by atoms with E-state index in [1.165, 1.54) is 5.56 Å². The molecule has 0 bridgehead atoms. The van der Waals surface area contributed by atoms with Gasteiger partial charge in [-0.2, -0.15) is 0 Å². The second-order valence-electron chi connectivity index (χ2n) is 7.04. The summed E-state index contributed by atoms with van der Waals surface area (Å²) in [5, 5.41) is 2.44. The van der Waals surface area contributed by atoms with Crippen molar-refractivity contribution in [2.45, 2.75) is 13.5 Å². The molecular weight excluding hydrogens is 364 g/mol. The zero-order chi connectivity index (χ0) is 20.1. The molecule has 1 N–H and O–H groups in total. The fourth-order valence-corrected chi connectivity index (χ4v) is 3.36. The number of hydrogen-bond donors (Lipinski definition) is 1. The van der Waals surface area contributed by atoms with Crippen LogP contribution in [0.15, 0.2) is 36.4 Å². The van der Waals surface area contributed by atoms with Gasteiger partial charge in [0.25, 0.3) is 0 Å². The van der Waals surface area contributed by atoms with Crippen LogP contribution in [-0.2, 0) is 11.3 Å². The predicted molar refractivity (Wildman–Crippen MR) is 104 cm³/mol. The number of amides is 1. The Morgan fingerprint density at radius 1 is 1.07 bits per heavy atom. The Morgan fingerprint density at radius 3 is 2.50 bits per heavy atom. The minimum atomic E-state index is -0.647. The van der Waals surface area contributed by atoms with E-state index in [0.717, 1.165) is 62.2 Å². The molecule has 1 heterocycles. The number of ether oxygens (including phenoxy) is 1. The molecule has 0 aliphatic carbocycles. The summed E-state index contributed by atoms with van der Waals surface area (Å²) >= 11 is 0. The van der Waals surface area contributed by atoms with E-state index in [9.17, 15) is 13.6 Å². The minimum Gasteiger partial charge on any atom is -0.496 e. The highest BCUT2D eigenvalue weighted by Gasteiger charge is 2.20. The number of piperazine rings is 1. The Morgan fingerprint density at radius 2 is 1.79 bits per heavy atom. The number of carbonyl (C=O) groups is 1. The molecule has 2 aromatic carbocycles. The third-order valence-corrected chi connectivity index (χ3v) is 4.86. The number of carbonyl (C=O) groups excluding carboxylic acids is 1. The Kier molecular flexibility index (Phi) is 6.59.